The molecule has 2 N–H and O–H groups in total. The van der Waals surface area contributed by atoms with Crippen LogP contribution in [-0.4, -0.2) is 65.2 Å². The lowest BCUT2D eigenvalue weighted by molar-refractivity contribution is 0.104. The number of benzene rings is 1. The van der Waals surface area contributed by atoms with Crippen molar-refractivity contribution in [2.24, 2.45) is 0 Å². The molecule has 7 heteroatoms. The molecule has 2 saturated heterocycles. The van der Waals surface area contributed by atoms with Gasteiger partial charge < -0.3 is 24.8 Å². The molecule has 0 aliphatic carbocycles. The van der Waals surface area contributed by atoms with Crippen molar-refractivity contribution in [2.45, 2.75) is 51.3 Å². The summed E-state index contributed by atoms with van der Waals surface area (Å²) in [7, 11) is 1.73. The first-order valence-electron chi connectivity index (χ1n) is 12.5. The van der Waals surface area contributed by atoms with Crippen LogP contribution in [0.15, 0.2) is 30.6 Å². The minimum Gasteiger partial charge on any atom is -0.380 e. The molecule has 0 saturated carbocycles. The predicted octanol–water partition coefficient (Wildman–Crippen LogP) is 4.16. The highest BCUT2D eigenvalue weighted by molar-refractivity contribution is 5.84. The highest BCUT2D eigenvalue weighted by atomic mass is 16.5. The Kier molecular flexibility index (Phi) is 5.54. The van der Waals surface area contributed by atoms with Gasteiger partial charge in [0.15, 0.2) is 0 Å². The van der Waals surface area contributed by atoms with Crippen molar-refractivity contribution in [3.8, 4) is 11.1 Å². The third-order valence-corrected chi connectivity index (χ3v) is 7.90. The highest BCUT2D eigenvalue weighted by Crippen LogP contribution is 2.36. The summed E-state index contributed by atoms with van der Waals surface area (Å²) in [5.41, 5.74) is 8.57. The van der Waals surface area contributed by atoms with Crippen LogP contribution >= 0.6 is 0 Å². The number of nitrogens with one attached hydrogen (secondary N) is 2. The monoisotopic (exact) mass is 459 g/mol. The lowest BCUT2D eigenvalue weighted by atomic mass is 9.87. The molecule has 1 aromatic carbocycles. The zero-order chi connectivity index (χ0) is 23.2. The molecule has 0 bridgehead atoms. The van der Waals surface area contributed by atoms with Gasteiger partial charge in [-0.3, -0.25) is 0 Å². The fraction of sp³-hybridized carbons (Fsp3) is 0.481. The topological polar surface area (TPSA) is 73.5 Å². The number of methoxy groups -OCH3 is 1. The van der Waals surface area contributed by atoms with E-state index in [1.165, 1.54) is 39.6 Å². The van der Waals surface area contributed by atoms with Crippen LogP contribution in [0.5, 0.6) is 0 Å². The minimum atomic E-state index is 0.150. The summed E-state index contributed by atoms with van der Waals surface area (Å²) in [6, 6.07) is 7.42. The second kappa shape index (κ2) is 8.71. The first kappa shape index (κ1) is 21.6. The number of hydrogen-bond donors (Lipinski definition) is 2. The normalized spacial score (nSPS) is 22.5. The molecule has 5 heterocycles. The van der Waals surface area contributed by atoms with Crippen LogP contribution in [0, 0.1) is 6.92 Å². The van der Waals surface area contributed by atoms with E-state index in [0.29, 0.717) is 19.1 Å². The number of carbonyl (C=O) groups is 1. The van der Waals surface area contributed by atoms with Crippen molar-refractivity contribution in [2.75, 3.05) is 33.3 Å². The Balaban J connectivity index is 1.34. The number of nitrogens with zero attached hydrogens (tertiary/aromatic N) is 3. The van der Waals surface area contributed by atoms with E-state index in [9.17, 15) is 4.79 Å². The molecule has 178 valence electrons. The van der Waals surface area contributed by atoms with E-state index in [2.05, 4.69) is 40.4 Å². The molecule has 3 aromatic rings. The maximum Gasteiger partial charge on any atom is 0.320 e. The van der Waals surface area contributed by atoms with Gasteiger partial charge in [0.05, 0.1) is 6.10 Å². The van der Waals surface area contributed by atoms with E-state index in [4.69, 9.17) is 4.74 Å². The van der Waals surface area contributed by atoms with E-state index >= 15 is 0 Å². The number of hydrogen-bond acceptors (Lipinski definition) is 4. The van der Waals surface area contributed by atoms with E-state index in [1.807, 2.05) is 22.2 Å². The summed E-state index contributed by atoms with van der Waals surface area (Å²) < 4.78 is 5.48. The van der Waals surface area contributed by atoms with Gasteiger partial charge in [0.1, 0.15) is 5.65 Å². The molecule has 3 aliphatic heterocycles. The number of pyridine rings is 1. The van der Waals surface area contributed by atoms with Crippen LogP contribution in [0.3, 0.4) is 0 Å². The van der Waals surface area contributed by atoms with Crippen molar-refractivity contribution < 1.29 is 9.53 Å². The Labute approximate surface area is 200 Å². The Hall–Kier alpha value is -2.90. The largest absolute Gasteiger partial charge is 0.380 e. The lowest BCUT2D eigenvalue weighted by Gasteiger charge is -2.34. The molecule has 6 rings (SSSR count). The SMILES string of the molecule is CO[C@@H]1CCN(C(=O)N2CCc3cc(-c4cnc5[nH]cc(C)c5c4)cc([C@@H]4CCCN4)c3C2)C1. The van der Waals surface area contributed by atoms with E-state index in [1.54, 1.807) is 7.11 Å². The quantitative estimate of drug-likeness (QED) is 0.617. The van der Waals surface area contributed by atoms with E-state index < -0.39 is 0 Å². The van der Waals surface area contributed by atoms with Gasteiger partial charge in [-0.1, -0.05) is 6.07 Å². The van der Waals surface area contributed by atoms with Crippen LogP contribution in [0.4, 0.5) is 4.79 Å². The first-order valence-corrected chi connectivity index (χ1v) is 12.5. The molecule has 2 fully saturated rings. The minimum absolute atomic E-state index is 0.150. The summed E-state index contributed by atoms with van der Waals surface area (Å²) in [6.45, 7) is 6.09. The zero-order valence-electron chi connectivity index (χ0n) is 20.1. The summed E-state index contributed by atoms with van der Waals surface area (Å²) >= 11 is 0. The summed E-state index contributed by atoms with van der Waals surface area (Å²) in [5.74, 6) is 0. The number of carbonyl (C=O) groups excluding carboxylic acids is 1. The van der Waals surface area contributed by atoms with Gasteiger partial charge >= 0.3 is 6.03 Å². The second-order valence-corrected chi connectivity index (χ2v) is 9.99. The molecule has 3 aliphatic rings. The fourth-order valence-corrected chi connectivity index (χ4v) is 5.88. The highest BCUT2D eigenvalue weighted by Gasteiger charge is 2.33. The number of H-pyrrole nitrogens is 1. The number of fused-ring (bicyclic) bond motifs is 2. The molecule has 0 spiro atoms. The van der Waals surface area contributed by atoms with E-state index in [0.717, 1.165) is 50.1 Å². The molecular weight excluding hydrogens is 426 g/mol. The number of amides is 2. The van der Waals surface area contributed by atoms with E-state index in [-0.39, 0.29) is 12.1 Å². The average molecular weight is 460 g/mol. The standard InChI is InChI=1S/C27H33N5O2/c1-17-13-29-26-22(17)12-20(14-30-26)19-10-18-5-8-32(27(33)31-9-6-21(15-31)34-2)16-24(18)23(11-19)25-4-3-7-28-25/h10-14,21,25,28H,3-9,15-16H2,1-2H3,(H,29,30)/t21-,25+/m1/s1. The molecule has 2 aromatic heterocycles. The number of rotatable bonds is 3. The van der Waals surface area contributed by atoms with Gasteiger partial charge in [-0.2, -0.15) is 0 Å². The number of aromatic amines is 1. The molecule has 2 atom stereocenters. The molecule has 0 unspecified atom stereocenters. The predicted molar refractivity (Wildman–Crippen MR) is 133 cm³/mol. The third-order valence-electron chi connectivity index (χ3n) is 7.90. The maximum atomic E-state index is 13.3. The van der Waals surface area contributed by atoms with Crippen molar-refractivity contribution in [3.05, 3.63) is 52.8 Å². The van der Waals surface area contributed by atoms with Gasteiger partial charge in [0.25, 0.3) is 0 Å². The Morgan fingerprint density at radius 3 is 2.85 bits per heavy atom. The average Bonchev–Trinajstić information content (AvgIpc) is 3.64. The fourth-order valence-electron chi connectivity index (χ4n) is 5.88. The van der Waals surface area contributed by atoms with Crippen LogP contribution in [0.1, 0.15) is 47.6 Å². The molecule has 0 radical (unpaired) electrons. The van der Waals surface area contributed by atoms with Crippen molar-refractivity contribution >= 4 is 17.1 Å². The Morgan fingerprint density at radius 2 is 2.06 bits per heavy atom. The molecule has 34 heavy (non-hydrogen) atoms. The Morgan fingerprint density at radius 1 is 1.15 bits per heavy atom. The smallest absolute Gasteiger partial charge is 0.320 e. The van der Waals surface area contributed by atoms with Gasteiger partial charge in [-0.15, -0.1) is 0 Å². The molecule has 2 amide bonds. The van der Waals surface area contributed by atoms with Gasteiger partial charge in [-0.25, -0.2) is 9.78 Å². The number of aromatic nitrogens is 2. The first-order chi connectivity index (χ1) is 16.6. The molecular formula is C27H33N5O2. The van der Waals surface area contributed by atoms with Crippen LogP contribution < -0.4 is 5.32 Å². The lowest BCUT2D eigenvalue weighted by Crippen LogP contribution is -2.45. The third kappa shape index (κ3) is 3.77. The van der Waals surface area contributed by atoms with Crippen molar-refractivity contribution in [1.29, 1.82) is 0 Å². The number of urea groups is 1. The molecule has 7 nitrogen and oxygen atoms in total. The maximum absolute atomic E-state index is 13.3. The van der Waals surface area contributed by atoms with Gasteiger partial charge in [-0.05, 0) is 79.1 Å². The number of ether oxygens (including phenoxy) is 1. The zero-order valence-corrected chi connectivity index (χ0v) is 20.1. The Bertz CT molecular complexity index is 1230. The van der Waals surface area contributed by atoms with Crippen LogP contribution in [-0.2, 0) is 17.7 Å². The van der Waals surface area contributed by atoms with Gasteiger partial charge in [0.2, 0.25) is 0 Å². The number of likely N-dealkylation sites (tertiary alicyclic amines) is 1. The summed E-state index contributed by atoms with van der Waals surface area (Å²) in [4.78, 5) is 25.2. The van der Waals surface area contributed by atoms with Gasteiger partial charge in [0, 0.05) is 62.7 Å². The summed E-state index contributed by atoms with van der Waals surface area (Å²) in [5, 5.41) is 4.87. The van der Waals surface area contributed by atoms with Crippen LogP contribution in [0.25, 0.3) is 22.2 Å². The second-order valence-electron chi connectivity index (χ2n) is 9.99. The van der Waals surface area contributed by atoms with Crippen molar-refractivity contribution in [3.63, 3.8) is 0 Å². The van der Waals surface area contributed by atoms with Crippen LogP contribution in [0.2, 0.25) is 0 Å². The van der Waals surface area contributed by atoms with Crippen molar-refractivity contribution in [1.82, 2.24) is 25.1 Å². The number of aryl methyl sites for hydroxylation is 1. The summed E-state index contributed by atoms with van der Waals surface area (Å²) in [6.07, 6.45) is 8.29.